The highest BCUT2D eigenvalue weighted by Gasteiger charge is 2.40. The van der Waals surface area contributed by atoms with Crippen molar-refractivity contribution in [1.82, 2.24) is 4.90 Å². The summed E-state index contributed by atoms with van der Waals surface area (Å²) in [5, 5.41) is 0. The van der Waals surface area contributed by atoms with Crippen LogP contribution in [0, 0.1) is 0 Å². The minimum absolute atomic E-state index is 0.0774. The van der Waals surface area contributed by atoms with Gasteiger partial charge in [-0.05, 0) is 25.3 Å². The van der Waals surface area contributed by atoms with E-state index in [1.807, 2.05) is 25.1 Å². The molecule has 1 aromatic rings. The molecule has 4 heteroatoms. The normalized spacial score (nSPS) is 25.6. The van der Waals surface area contributed by atoms with Crippen LogP contribution in [0.25, 0.3) is 0 Å². The summed E-state index contributed by atoms with van der Waals surface area (Å²) in [4.78, 5) is 14.1. The molecule has 3 rings (SSSR count). The summed E-state index contributed by atoms with van der Waals surface area (Å²) in [7, 11) is 1.43. The minimum atomic E-state index is -0.223. The van der Waals surface area contributed by atoms with Gasteiger partial charge in [0, 0.05) is 5.70 Å². The monoisotopic (exact) mass is 273 g/mol. The lowest BCUT2D eigenvalue weighted by molar-refractivity contribution is -0.136. The van der Waals surface area contributed by atoms with Crippen LogP contribution < -0.4 is 0 Å². The van der Waals surface area contributed by atoms with E-state index in [0.717, 1.165) is 24.1 Å². The van der Waals surface area contributed by atoms with E-state index >= 15 is 0 Å². The molecule has 1 saturated heterocycles. The first-order valence-electron chi connectivity index (χ1n) is 6.95. The Balaban J connectivity index is 1.95. The summed E-state index contributed by atoms with van der Waals surface area (Å²) >= 11 is 0. The maximum atomic E-state index is 11.9. The number of esters is 1. The maximum absolute atomic E-state index is 11.9. The lowest BCUT2D eigenvalue weighted by Crippen LogP contribution is -2.36. The van der Waals surface area contributed by atoms with Gasteiger partial charge in [0.05, 0.1) is 25.3 Å². The third-order valence-electron chi connectivity index (χ3n) is 4.17. The Kier molecular flexibility index (Phi) is 3.49. The molecule has 0 amide bonds. The number of hydrogen-bond donors (Lipinski definition) is 0. The standard InChI is InChI=1S/C16H19NO3/c1-11-13(16(18)19-2)8-9-15-17(11)14(10-20-15)12-6-4-3-5-7-12/h3-7,14-15H,8-10H2,1-2H3/t14-,15+/m1/s1. The number of benzene rings is 1. The van der Waals surface area contributed by atoms with Gasteiger partial charge in [0.15, 0.2) is 0 Å². The zero-order chi connectivity index (χ0) is 14.1. The molecule has 1 fully saturated rings. The molecule has 4 nitrogen and oxygen atoms in total. The Bertz CT molecular complexity index is 538. The van der Waals surface area contributed by atoms with Crippen molar-refractivity contribution in [3.05, 3.63) is 47.2 Å². The quantitative estimate of drug-likeness (QED) is 0.776. The van der Waals surface area contributed by atoms with Crippen LogP contribution in [0.1, 0.15) is 31.4 Å². The number of methoxy groups -OCH3 is 1. The van der Waals surface area contributed by atoms with Gasteiger partial charge in [-0.3, -0.25) is 0 Å². The molecule has 0 aliphatic carbocycles. The van der Waals surface area contributed by atoms with Gasteiger partial charge in [0.1, 0.15) is 6.23 Å². The number of carbonyl (C=O) groups is 1. The molecule has 0 unspecified atom stereocenters. The average Bonchev–Trinajstić information content (AvgIpc) is 2.92. The summed E-state index contributed by atoms with van der Waals surface area (Å²) in [6.07, 6.45) is 1.64. The fraction of sp³-hybridized carbons (Fsp3) is 0.438. The smallest absolute Gasteiger partial charge is 0.335 e. The van der Waals surface area contributed by atoms with Crippen molar-refractivity contribution in [3.8, 4) is 0 Å². The second-order valence-electron chi connectivity index (χ2n) is 5.22. The third-order valence-corrected chi connectivity index (χ3v) is 4.17. The van der Waals surface area contributed by atoms with Gasteiger partial charge in [-0.25, -0.2) is 4.79 Å². The van der Waals surface area contributed by atoms with E-state index in [1.165, 1.54) is 12.7 Å². The predicted molar refractivity (Wildman–Crippen MR) is 74.7 cm³/mol. The summed E-state index contributed by atoms with van der Waals surface area (Å²) in [6, 6.07) is 10.5. The number of fused-ring (bicyclic) bond motifs is 1. The summed E-state index contributed by atoms with van der Waals surface area (Å²) in [5.74, 6) is -0.223. The van der Waals surface area contributed by atoms with Gasteiger partial charge >= 0.3 is 5.97 Å². The molecule has 0 saturated carbocycles. The highest BCUT2D eigenvalue weighted by Crippen LogP contribution is 2.40. The van der Waals surface area contributed by atoms with Crippen LogP contribution in [0.2, 0.25) is 0 Å². The molecule has 0 N–H and O–H groups in total. The maximum Gasteiger partial charge on any atom is 0.335 e. The minimum Gasteiger partial charge on any atom is -0.466 e. The van der Waals surface area contributed by atoms with Crippen molar-refractivity contribution in [1.29, 1.82) is 0 Å². The van der Waals surface area contributed by atoms with E-state index in [0.29, 0.717) is 6.61 Å². The van der Waals surface area contributed by atoms with Crippen LogP contribution in [-0.4, -0.2) is 30.8 Å². The van der Waals surface area contributed by atoms with Gasteiger partial charge < -0.3 is 14.4 Å². The number of carbonyl (C=O) groups excluding carboxylic acids is 1. The van der Waals surface area contributed by atoms with Crippen molar-refractivity contribution in [2.45, 2.75) is 32.0 Å². The van der Waals surface area contributed by atoms with Gasteiger partial charge in [-0.15, -0.1) is 0 Å². The molecule has 20 heavy (non-hydrogen) atoms. The molecule has 0 spiro atoms. The highest BCUT2D eigenvalue weighted by atomic mass is 16.5. The molecule has 2 aliphatic heterocycles. The second-order valence-corrected chi connectivity index (χ2v) is 5.22. The van der Waals surface area contributed by atoms with Crippen molar-refractivity contribution in [2.24, 2.45) is 0 Å². The van der Waals surface area contributed by atoms with E-state index in [4.69, 9.17) is 9.47 Å². The van der Waals surface area contributed by atoms with Crippen LogP contribution in [0.5, 0.6) is 0 Å². The van der Waals surface area contributed by atoms with Gasteiger partial charge in [-0.2, -0.15) is 0 Å². The number of ether oxygens (including phenoxy) is 2. The molecule has 2 heterocycles. The van der Waals surface area contributed by atoms with E-state index in [2.05, 4.69) is 17.0 Å². The first-order valence-corrected chi connectivity index (χ1v) is 6.95. The van der Waals surface area contributed by atoms with Crippen LogP contribution in [-0.2, 0) is 14.3 Å². The first-order chi connectivity index (χ1) is 9.72. The van der Waals surface area contributed by atoms with E-state index < -0.39 is 0 Å². The Morgan fingerprint density at radius 3 is 2.80 bits per heavy atom. The molecule has 2 aliphatic rings. The van der Waals surface area contributed by atoms with Crippen molar-refractivity contribution in [3.63, 3.8) is 0 Å². The van der Waals surface area contributed by atoms with Crippen molar-refractivity contribution < 1.29 is 14.3 Å². The Morgan fingerprint density at radius 1 is 1.35 bits per heavy atom. The van der Waals surface area contributed by atoms with Crippen molar-refractivity contribution >= 4 is 5.97 Å². The number of hydrogen-bond acceptors (Lipinski definition) is 4. The molecule has 1 aromatic carbocycles. The highest BCUT2D eigenvalue weighted by molar-refractivity contribution is 5.89. The number of rotatable bonds is 2. The Hall–Kier alpha value is -1.81. The zero-order valence-corrected chi connectivity index (χ0v) is 11.8. The fourth-order valence-corrected chi connectivity index (χ4v) is 3.15. The van der Waals surface area contributed by atoms with Crippen LogP contribution in [0.3, 0.4) is 0 Å². The summed E-state index contributed by atoms with van der Waals surface area (Å²) in [5.41, 5.74) is 2.98. The van der Waals surface area contributed by atoms with Crippen molar-refractivity contribution in [2.75, 3.05) is 13.7 Å². The van der Waals surface area contributed by atoms with Gasteiger partial charge in [-0.1, -0.05) is 30.3 Å². The van der Waals surface area contributed by atoms with Gasteiger partial charge in [0.25, 0.3) is 0 Å². The molecule has 0 radical (unpaired) electrons. The number of nitrogens with zero attached hydrogens (tertiary/aromatic N) is 1. The lowest BCUT2D eigenvalue weighted by atomic mass is 9.98. The summed E-state index contributed by atoms with van der Waals surface area (Å²) < 4.78 is 10.8. The van der Waals surface area contributed by atoms with Crippen LogP contribution in [0.4, 0.5) is 0 Å². The average molecular weight is 273 g/mol. The number of allylic oxidation sites excluding steroid dienone is 1. The molecular weight excluding hydrogens is 254 g/mol. The topological polar surface area (TPSA) is 38.8 Å². The SMILES string of the molecule is COC(=O)C1=C(C)N2[C@H](CC1)OC[C@@H]2c1ccccc1. The largest absolute Gasteiger partial charge is 0.466 e. The van der Waals surface area contributed by atoms with Crippen LogP contribution in [0.15, 0.2) is 41.6 Å². The molecule has 0 aromatic heterocycles. The second kappa shape index (κ2) is 5.29. The van der Waals surface area contributed by atoms with Gasteiger partial charge in [0.2, 0.25) is 0 Å². The fourth-order valence-electron chi connectivity index (χ4n) is 3.15. The molecule has 106 valence electrons. The molecular formula is C16H19NO3. The van der Waals surface area contributed by atoms with E-state index in [-0.39, 0.29) is 18.2 Å². The van der Waals surface area contributed by atoms with E-state index in [9.17, 15) is 4.79 Å². The Labute approximate surface area is 119 Å². The van der Waals surface area contributed by atoms with Crippen LogP contribution >= 0.6 is 0 Å². The zero-order valence-electron chi connectivity index (χ0n) is 11.8. The third kappa shape index (κ3) is 2.10. The lowest BCUT2D eigenvalue weighted by Gasteiger charge is -2.36. The Morgan fingerprint density at radius 2 is 2.10 bits per heavy atom. The first kappa shape index (κ1) is 13.2. The summed E-state index contributed by atoms with van der Waals surface area (Å²) in [6.45, 7) is 2.66. The molecule has 2 atom stereocenters. The predicted octanol–water partition coefficient (Wildman–Crippen LogP) is 2.63. The van der Waals surface area contributed by atoms with E-state index in [1.54, 1.807) is 0 Å². The molecule has 0 bridgehead atoms.